The van der Waals surface area contributed by atoms with E-state index >= 15 is 0 Å². The number of nitrogens with one attached hydrogen (secondary N) is 2. The number of ether oxygens (including phenoxy) is 1. The quantitative estimate of drug-likeness (QED) is 0.569. The first-order valence-electron chi connectivity index (χ1n) is 9.51. The Balaban J connectivity index is 1.47. The Morgan fingerprint density at radius 3 is 2.55 bits per heavy atom. The monoisotopic (exact) mass is 429 g/mol. The van der Waals surface area contributed by atoms with E-state index in [1.54, 1.807) is 43.5 Å². The van der Waals surface area contributed by atoms with Gasteiger partial charge in [0.05, 0.1) is 17.7 Å². The lowest BCUT2D eigenvalue weighted by molar-refractivity contribution is -0.115. The zero-order chi connectivity index (χ0) is 21.6. The van der Waals surface area contributed by atoms with Gasteiger partial charge in [-0.25, -0.2) is 4.99 Å². The molecule has 154 valence electrons. The SMILES string of the molecule is COc1ccc(C(=O)Nc2cccc(/C=C3\SC(=Nc4ccccc4)NC3=O)c2)cc1. The van der Waals surface area contributed by atoms with Crippen LogP contribution in [0.25, 0.3) is 6.08 Å². The van der Waals surface area contributed by atoms with Gasteiger partial charge in [-0.3, -0.25) is 9.59 Å². The molecule has 1 heterocycles. The van der Waals surface area contributed by atoms with Crippen molar-refractivity contribution in [2.24, 2.45) is 4.99 Å². The third-order valence-corrected chi connectivity index (χ3v) is 5.34. The normalized spacial score (nSPS) is 15.7. The largest absolute Gasteiger partial charge is 0.497 e. The van der Waals surface area contributed by atoms with Crippen LogP contribution in [0.5, 0.6) is 5.75 Å². The van der Waals surface area contributed by atoms with E-state index in [0.717, 1.165) is 11.3 Å². The van der Waals surface area contributed by atoms with E-state index in [-0.39, 0.29) is 11.8 Å². The molecule has 7 heteroatoms. The van der Waals surface area contributed by atoms with E-state index in [4.69, 9.17) is 4.74 Å². The number of benzene rings is 3. The molecule has 1 saturated heterocycles. The molecular weight excluding hydrogens is 410 g/mol. The number of amides is 2. The number of hydrogen-bond donors (Lipinski definition) is 2. The van der Waals surface area contributed by atoms with Crippen LogP contribution >= 0.6 is 11.8 Å². The topological polar surface area (TPSA) is 79.8 Å². The zero-order valence-electron chi connectivity index (χ0n) is 16.7. The van der Waals surface area contributed by atoms with Crippen LogP contribution in [-0.4, -0.2) is 24.1 Å². The summed E-state index contributed by atoms with van der Waals surface area (Å²) < 4.78 is 5.11. The molecule has 0 aromatic heterocycles. The molecule has 1 aliphatic heterocycles. The van der Waals surface area contributed by atoms with Gasteiger partial charge in [0, 0.05) is 11.3 Å². The lowest BCUT2D eigenvalue weighted by Gasteiger charge is -2.07. The maximum atomic E-state index is 12.5. The Morgan fingerprint density at radius 2 is 1.81 bits per heavy atom. The standard InChI is InChI=1S/C24H19N3O3S/c1-30-20-12-10-17(11-13-20)22(28)25-19-9-5-6-16(14-19)15-21-23(29)27-24(31-21)26-18-7-3-2-4-8-18/h2-15H,1H3,(H,25,28)(H,26,27,29)/b21-15-. The first-order chi connectivity index (χ1) is 15.1. The third-order valence-electron chi connectivity index (χ3n) is 4.43. The average Bonchev–Trinajstić information content (AvgIpc) is 3.13. The average molecular weight is 430 g/mol. The summed E-state index contributed by atoms with van der Waals surface area (Å²) in [6.45, 7) is 0. The molecule has 3 aromatic rings. The molecule has 6 nitrogen and oxygen atoms in total. The Hall–Kier alpha value is -3.84. The number of methoxy groups -OCH3 is 1. The summed E-state index contributed by atoms with van der Waals surface area (Å²) in [5, 5.41) is 6.18. The molecule has 31 heavy (non-hydrogen) atoms. The lowest BCUT2D eigenvalue weighted by atomic mass is 10.1. The summed E-state index contributed by atoms with van der Waals surface area (Å²) in [5.74, 6) is 0.262. The minimum Gasteiger partial charge on any atom is -0.497 e. The smallest absolute Gasteiger partial charge is 0.264 e. The van der Waals surface area contributed by atoms with Crippen LogP contribution < -0.4 is 15.4 Å². The van der Waals surface area contributed by atoms with Gasteiger partial charge in [-0.1, -0.05) is 30.3 Å². The number of nitrogens with zero attached hydrogens (tertiary/aromatic N) is 1. The molecule has 1 aliphatic rings. The summed E-state index contributed by atoms with van der Waals surface area (Å²) >= 11 is 1.28. The van der Waals surface area contributed by atoms with Crippen molar-refractivity contribution in [3.63, 3.8) is 0 Å². The molecule has 0 radical (unpaired) electrons. The maximum absolute atomic E-state index is 12.5. The number of thioether (sulfide) groups is 1. The van der Waals surface area contributed by atoms with Gasteiger partial charge in [-0.15, -0.1) is 0 Å². The molecule has 0 atom stereocenters. The van der Waals surface area contributed by atoms with Crippen LogP contribution in [0.15, 0.2) is 88.8 Å². The molecule has 0 spiro atoms. The van der Waals surface area contributed by atoms with E-state index in [1.807, 2.05) is 48.5 Å². The van der Waals surface area contributed by atoms with Gasteiger partial charge in [0.15, 0.2) is 5.17 Å². The molecule has 0 bridgehead atoms. The van der Waals surface area contributed by atoms with Crippen molar-refractivity contribution < 1.29 is 14.3 Å². The van der Waals surface area contributed by atoms with Crippen LogP contribution in [0.4, 0.5) is 11.4 Å². The summed E-state index contributed by atoms with van der Waals surface area (Å²) in [7, 11) is 1.58. The minimum absolute atomic E-state index is 0.202. The predicted molar refractivity (Wildman–Crippen MR) is 125 cm³/mol. The van der Waals surface area contributed by atoms with Crippen molar-refractivity contribution >= 4 is 46.2 Å². The zero-order valence-corrected chi connectivity index (χ0v) is 17.5. The van der Waals surface area contributed by atoms with Crippen molar-refractivity contribution in [2.75, 3.05) is 12.4 Å². The summed E-state index contributed by atoms with van der Waals surface area (Å²) in [4.78, 5) is 29.8. The second kappa shape index (κ2) is 9.32. The van der Waals surface area contributed by atoms with Crippen molar-refractivity contribution in [3.8, 4) is 5.75 Å². The highest BCUT2D eigenvalue weighted by Crippen LogP contribution is 2.28. The van der Waals surface area contributed by atoms with Gasteiger partial charge in [-0.05, 0) is 71.9 Å². The molecule has 2 amide bonds. The van der Waals surface area contributed by atoms with E-state index in [2.05, 4.69) is 15.6 Å². The maximum Gasteiger partial charge on any atom is 0.264 e. The fraction of sp³-hybridized carbons (Fsp3) is 0.0417. The number of para-hydroxylation sites is 1. The summed E-state index contributed by atoms with van der Waals surface area (Å²) in [6.07, 6.45) is 1.77. The molecular formula is C24H19N3O3S. The number of carbonyl (C=O) groups excluding carboxylic acids is 2. The molecule has 1 fully saturated rings. The van der Waals surface area contributed by atoms with Crippen LogP contribution in [0.3, 0.4) is 0 Å². The second-order valence-corrected chi connectivity index (χ2v) is 7.66. The lowest BCUT2D eigenvalue weighted by Crippen LogP contribution is -2.19. The molecule has 2 N–H and O–H groups in total. The minimum atomic E-state index is -0.224. The van der Waals surface area contributed by atoms with Gasteiger partial charge in [0.2, 0.25) is 0 Å². The van der Waals surface area contributed by atoms with Crippen LogP contribution in [0, 0.1) is 0 Å². The van der Waals surface area contributed by atoms with Crippen molar-refractivity contribution in [1.82, 2.24) is 5.32 Å². The number of rotatable bonds is 5. The number of anilines is 1. The highest BCUT2D eigenvalue weighted by Gasteiger charge is 2.23. The van der Waals surface area contributed by atoms with Crippen LogP contribution in [-0.2, 0) is 4.79 Å². The van der Waals surface area contributed by atoms with Gasteiger partial charge in [0.1, 0.15) is 5.75 Å². The number of aliphatic imine (C=N–C) groups is 1. The predicted octanol–water partition coefficient (Wildman–Crippen LogP) is 4.84. The van der Waals surface area contributed by atoms with Crippen molar-refractivity contribution in [1.29, 1.82) is 0 Å². The molecule has 0 unspecified atom stereocenters. The fourth-order valence-electron chi connectivity index (χ4n) is 2.90. The van der Waals surface area contributed by atoms with E-state index < -0.39 is 0 Å². The highest BCUT2D eigenvalue weighted by atomic mass is 32.2. The van der Waals surface area contributed by atoms with Gasteiger partial charge < -0.3 is 15.4 Å². The van der Waals surface area contributed by atoms with Crippen molar-refractivity contribution in [3.05, 3.63) is 94.9 Å². The van der Waals surface area contributed by atoms with E-state index in [1.165, 1.54) is 11.8 Å². The van der Waals surface area contributed by atoms with E-state index in [0.29, 0.717) is 27.1 Å². The van der Waals surface area contributed by atoms with Gasteiger partial charge in [-0.2, -0.15) is 0 Å². The highest BCUT2D eigenvalue weighted by molar-refractivity contribution is 8.18. The van der Waals surface area contributed by atoms with Crippen molar-refractivity contribution in [2.45, 2.75) is 0 Å². The molecule has 4 rings (SSSR count). The van der Waals surface area contributed by atoms with Gasteiger partial charge >= 0.3 is 0 Å². The molecule has 0 aliphatic carbocycles. The Kier molecular flexibility index (Phi) is 6.14. The number of amidine groups is 1. The third kappa shape index (κ3) is 5.21. The van der Waals surface area contributed by atoms with Crippen LogP contribution in [0.1, 0.15) is 15.9 Å². The summed E-state index contributed by atoms with van der Waals surface area (Å²) in [6, 6.07) is 23.6. The first-order valence-corrected chi connectivity index (χ1v) is 10.3. The second-order valence-electron chi connectivity index (χ2n) is 6.63. The fourth-order valence-corrected chi connectivity index (χ4v) is 3.75. The Bertz CT molecular complexity index is 1170. The number of hydrogen-bond acceptors (Lipinski definition) is 5. The molecule has 0 saturated carbocycles. The summed E-state index contributed by atoms with van der Waals surface area (Å²) in [5.41, 5.74) is 2.73. The first kappa shape index (κ1) is 20.4. The van der Waals surface area contributed by atoms with Gasteiger partial charge in [0.25, 0.3) is 11.8 Å². The van der Waals surface area contributed by atoms with E-state index in [9.17, 15) is 9.59 Å². The molecule has 3 aromatic carbocycles. The Morgan fingerprint density at radius 1 is 1.03 bits per heavy atom. The Labute approximate surface area is 184 Å². The number of carbonyl (C=O) groups is 2. The van der Waals surface area contributed by atoms with Crippen LogP contribution in [0.2, 0.25) is 0 Å².